The van der Waals surface area contributed by atoms with Gasteiger partial charge in [-0.05, 0) is 23.8 Å². The summed E-state index contributed by atoms with van der Waals surface area (Å²) in [7, 11) is 0. The second kappa shape index (κ2) is 4.11. The fraction of sp³-hybridized carbons (Fsp3) is 0.167. The van der Waals surface area contributed by atoms with Crippen molar-refractivity contribution in [1.29, 1.82) is 0 Å². The van der Waals surface area contributed by atoms with E-state index in [0.717, 1.165) is 4.47 Å². The van der Waals surface area contributed by atoms with Crippen molar-refractivity contribution < 1.29 is 8.78 Å². The number of hydrogen-bond acceptors (Lipinski definition) is 1. The van der Waals surface area contributed by atoms with Crippen LogP contribution in [0, 0.1) is 0 Å². The van der Waals surface area contributed by atoms with Crippen LogP contribution in [0.25, 0.3) is 5.57 Å². The summed E-state index contributed by atoms with van der Waals surface area (Å²) in [5.41, 5.74) is 5.84. The molecule has 0 aromatic heterocycles. The van der Waals surface area contributed by atoms with E-state index in [-0.39, 0.29) is 12.0 Å². The lowest BCUT2D eigenvalue weighted by Gasteiger charge is -2.25. The van der Waals surface area contributed by atoms with E-state index in [1.807, 2.05) is 0 Å². The first-order valence-electron chi connectivity index (χ1n) is 4.81. The molecule has 1 nitrogen and oxygen atoms in total. The first-order valence-corrected chi connectivity index (χ1v) is 5.60. The highest BCUT2D eigenvalue weighted by Gasteiger charge is 2.34. The number of hydrogen-bond donors (Lipinski definition) is 1. The van der Waals surface area contributed by atoms with Gasteiger partial charge in [0.25, 0.3) is 0 Å². The van der Waals surface area contributed by atoms with Crippen LogP contribution in [0.3, 0.4) is 0 Å². The normalized spacial score (nSPS) is 25.0. The van der Waals surface area contributed by atoms with Gasteiger partial charge in [-0.15, -0.1) is 0 Å². The summed E-state index contributed by atoms with van der Waals surface area (Å²) in [6.07, 6.45) is 2.64. The molecule has 0 saturated carbocycles. The number of benzene rings is 1. The van der Waals surface area contributed by atoms with Crippen LogP contribution in [0.15, 0.2) is 46.7 Å². The van der Waals surface area contributed by atoms with Crippen molar-refractivity contribution in [2.45, 2.75) is 12.2 Å². The van der Waals surface area contributed by atoms with Crippen molar-refractivity contribution in [3.8, 4) is 0 Å². The van der Waals surface area contributed by atoms with E-state index < -0.39 is 11.6 Å². The Labute approximate surface area is 101 Å². The van der Waals surface area contributed by atoms with Crippen molar-refractivity contribution in [2.75, 3.05) is 0 Å². The molecule has 0 bridgehead atoms. The van der Waals surface area contributed by atoms with Gasteiger partial charge < -0.3 is 0 Å². The Kier molecular flexibility index (Phi) is 2.95. The van der Waals surface area contributed by atoms with Gasteiger partial charge in [-0.25, -0.2) is 8.78 Å². The van der Waals surface area contributed by atoms with Crippen LogP contribution in [-0.2, 0) is 0 Å². The summed E-state index contributed by atoms with van der Waals surface area (Å²) in [6.45, 7) is 0. The maximum atomic E-state index is 14.0. The highest BCUT2D eigenvalue weighted by atomic mass is 79.9. The van der Waals surface area contributed by atoms with Gasteiger partial charge in [0.15, 0.2) is 5.79 Å². The Bertz CT molecular complexity index is 460. The highest BCUT2D eigenvalue weighted by Crippen LogP contribution is 2.37. The first-order chi connectivity index (χ1) is 7.50. The highest BCUT2D eigenvalue weighted by molar-refractivity contribution is 9.10. The van der Waals surface area contributed by atoms with Gasteiger partial charge in [0.2, 0.25) is 0 Å². The maximum Gasteiger partial charge on any atom is 0.191 e. The van der Waals surface area contributed by atoms with Crippen molar-refractivity contribution in [1.82, 2.24) is 0 Å². The zero-order valence-corrected chi connectivity index (χ0v) is 9.97. The van der Waals surface area contributed by atoms with Gasteiger partial charge in [0, 0.05) is 16.5 Å². The molecule has 1 aliphatic rings. The zero-order valence-electron chi connectivity index (χ0n) is 8.38. The minimum Gasteiger partial charge on any atom is -0.295 e. The van der Waals surface area contributed by atoms with Gasteiger partial charge in [-0.3, -0.25) is 5.73 Å². The van der Waals surface area contributed by atoms with Gasteiger partial charge in [-0.1, -0.05) is 34.1 Å². The fourth-order valence-electron chi connectivity index (χ4n) is 1.71. The zero-order chi connectivity index (χ0) is 11.8. The molecule has 1 atom stereocenters. The number of rotatable bonds is 1. The Balaban J connectivity index is 2.52. The van der Waals surface area contributed by atoms with Crippen molar-refractivity contribution in [3.63, 3.8) is 0 Å². The molecule has 1 unspecified atom stereocenters. The van der Waals surface area contributed by atoms with Crippen molar-refractivity contribution >= 4 is 21.5 Å². The lowest BCUT2D eigenvalue weighted by molar-refractivity contribution is 0.251. The molecule has 0 fully saturated rings. The molecule has 0 saturated heterocycles. The molecular weight excluding hydrogens is 276 g/mol. The summed E-state index contributed by atoms with van der Waals surface area (Å²) >= 11 is 3.26. The summed E-state index contributed by atoms with van der Waals surface area (Å²) < 4.78 is 28.4. The van der Waals surface area contributed by atoms with Gasteiger partial charge in [0.1, 0.15) is 5.83 Å². The Morgan fingerprint density at radius 1 is 1.25 bits per heavy atom. The summed E-state index contributed by atoms with van der Waals surface area (Å²) in [6, 6.07) is 6.73. The largest absolute Gasteiger partial charge is 0.295 e. The average Bonchev–Trinajstić information content (AvgIpc) is 2.19. The molecular formula is C12H10BrF2N. The molecule has 84 valence electrons. The molecule has 1 aliphatic carbocycles. The molecule has 1 aromatic rings. The smallest absolute Gasteiger partial charge is 0.191 e. The monoisotopic (exact) mass is 285 g/mol. The average molecular weight is 286 g/mol. The number of halogens is 3. The second-order valence-corrected chi connectivity index (χ2v) is 4.61. The molecule has 2 rings (SSSR count). The van der Waals surface area contributed by atoms with E-state index in [2.05, 4.69) is 15.9 Å². The van der Waals surface area contributed by atoms with Crippen LogP contribution in [-0.4, -0.2) is 5.79 Å². The second-order valence-electron chi connectivity index (χ2n) is 3.70. The topological polar surface area (TPSA) is 26.0 Å². The van der Waals surface area contributed by atoms with Crippen LogP contribution in [0.1, 0.15) is 12.0 Å². The first kappa shape index (κ1) is 11.5. The van der Waals surface area contributed by atoms with Crippen LogP contribution in [0.2, 0.25) is 0 Å². The van der Waals surface area contributed by atoms with E-state index in [4.69, 9.17) is 5.73 Å². The van der Waals surface area contributed by atoms with E-state index in [9.17, 15) is 8.78 Å². The predicted octanol–water partition coefficient (Wildman–Crippen LogP) is 3.71. The predicted molar refractivity (Wildman–Crippen MR) is 64.0 cm³/mol. The van der Waals surface area contributed by atoms with Gasteiger partial charge in [-0.2, -0.15) is 0 Å². The standard InChI is InChI=1S/C12H10BrF2N/c13-9-5-3-8(4-6-9)11-10(14)2-1-7-12(11,15)16/h1-6H,7,16H2. The Morgan fingerprint density at radius 3 is 2.44 bits per heavy atom. The van der Waals surface area contributed by atoms with E-state index in [0.29, 0.717) is 5.56 Å². The summed E-state index contributed by atoms with van der Waals surface area (Å²) in [4.78, 5) is 0. The molecule has 1 aromatic carbocycles. The number of alkyl halides is 1. The minimum atomic E-state index is -2.13. The maximum absolute atomic E-state index is 14.0. The van der Waals surface area contributed by atoms with E-state index in [1.54, 1.807) is 24.3 Å². The lowest BCUT2D eigenvalue weighted by atomic mass is 9.90. The molecule has 2 N–H and O–H groups in total. The SMILES string of the molecule is NC1(F)CC=CC(F)=C1c1ccc(Br)cc1. The lowest BCUT2D eigenvalue weighted by Crippen LogP contribution is -2.37. The number of allylic oxidation sites excluding steroid dienone is 2. The van der Waals surface area contributed by atoms with Crippen LogP contribution >= 0.6 is 15.9 Å². The Morgan fingerprint density at radius 2 is 1.88 bits per heavy atom. The van der Waals surface area contributed by atoms with Crippen LogP contribution < -0.4 is 5.73 Å². The molecule has 0 aliphatic heterocycles. The third kappa shape index (κ3) is 2.08. The molecule has 0 radical (unpaired) electrons. The third-order valence-corrected chi connectivity index (χ3v) is 3.00. The third-order valence-electron chi connectivity index (χ3n) is 2.47. The minimum absolute atomic E-state index is 0.00812. The van der Waals surface area contributed by atoms with Crippen molar-refractivity contribution in [2.24, 2.45) is 5.73 Å². The van der Waals surface area contributed by atoms with Crippen LogP contribution in [0.4, 0.5) is 8.78 Å². The van der Waals surface area contributed by atoms with Gasteiger partial charge in [0.05, 0.1) is 0 Å². The van der Waals surface area contributed by atoms with E-state index in [1.165, 1.54) is 12.2 Å². The summed E-state index contributed by atoms with van der Waals surface area (Å²) in [5, 5.41) is 0. The number of nitrogens with two attached hydrogens (primary N) is 1. The summed E-state index contributed by atoms with van der Waals surface area (Å²) in [5.74, 6) is -2.74. The van der Waals surface area contributed by atoms with Gasteiger partial charge >= 0.3 is 0 Å². The molecule has 0 heterocycles. The quantitative estimate of drug-likeness (QED) is 0.782. The molecule has 0 amide bonds. The van der Waals surface area contributed by atoms with E-state index >= 15 is 0 Å². The van der Waals surface area contributed by atoms with Crippen molar-refractivity contribution in [3.05, 3.63) is 52.3 Å². The molecule has 0 spiro atoms. The molecule has 16 heavy (non-hydrogen) atoms. The fourth-order valence-corrected chi connectivity index (χ4v) is 1.98. The molecule has 4 heteroatoms. The Hall–Kier alpha value is -1.00. The van der Waals surface area contributed by atoms with Crippen LogP contribution in [0.5, 0.6) is 0 Å².